The Morgan fingerprint density at radius 1 is 1.24 bits per heavy atom. The van der Waals surface area contributed by atoms with Crippen molar-refractivity contribution < 1.29 is 8.42 Å². The number of nitrogens with two attached hydrogens (primary N) is 2. The molecule has 0 fully saturated rings. The van der Waals surface area contributed by atoms with Crippen molar-refractivity contribution in [1.29, 1.82) is 0 Å². The summed E-state index contributed by atoms with van der Waals surface area (Å²) in [4.78, 5) is 0.0257. The molecule has 0 radical (unpaired) electrons. The third kappa shape index (κ3) is 3.61. The van der Waals surface area contributed by atoms with Crippen molar-refractivity contribution in [1.82, 2.24) is 0 Å². The first-order valence-corrected chi connectivity index (χ1v) is 6.95. The zero-order valence-corrected chi connectivity index (χ0v) is 11.1. The molecule has 17 heavy (non-hydrogen) atoms. The summed E-state index contributed by atoms with van der Waals surface area (Å²) in [5.41, 5.74) is 6.88. The van der Waals surface area contributed by atoms with Crippen molar-refractivity contribution in [2.45, 2.75) is 31.7 Å². The second-order valence-electron chi connectivity index (χ2n) is 4.47. The van der Waals surface area contributed by atoms with Crippen LogP contribution in [0.4, 0.5) is 11.4 Å². The van der Waals surface area contributed by atoms with Gasteiger partial charge in [-0.05, 0) is 31.0 Å². The van der Waals surface area contributed by atoms with Gasteiger partial charge in [-0.3, -0.25) is 0 Å². The zero-order chi connectivity index (χ0) is 13.2. The van der Waals surface area contributed by atoms with Crippen LogP contribution in [-0.2, 0) is 10.0 Å². The minimum atomic E-state index is -3.69. The molecule has 1 aromatic carbocycles. The summed E-state index contributed by atoms with van der Waals surface area (Å²) in [7, 11) is -3.69. The van der Waals surface area contributed by atoms with Gasteiger partial charge in [0, 0.05) is 6.04 Å². The predicted molar refractivity (Wildman–Crippen MR) is 70.2 cm³/mol. The van der Waals surface area contributed by atoms with Crippen LogP contribution in [0.3, 0.4) is 0 Å². The monoisotopic (exact) mass is 257 g/mol. The molecule has 0 aromatic heterocycles. The largest absolute Gasteiger partial charge is 0.397 e. The van der Waals surface area contributed by atoms with E-state index in [4.69, 9.17) is 10.9 Å². The minimum Gasteiger partial charge on any atom is -0.397 e. The fourth-order valence-electron chi connectivity index (χ4n) is 1.26. The highest BCUT2D eigenvalue weighted by molar-refractivity contribution is 7.89. The van der Waals surface area contributed by atoms with Crippen molar-refractivity contribution >= 4 is 21.4 Å². The molecule has 0 spiro atoms. The first-order chi connectivity index (χ1) is 7.71. The van der Waals surface area contributed by atoms with E-state index in [1.165, 1.54) is 12.1 Å². The lowest BCUT2D eigenvalue weighted by atomic mass is 10.1. The van der Waals surface area contributed by atoms with E-state index in [1.54, 1.807) is 6.07 Å². The Balaban J connectivity index is 2.99. The summed E-state index contributed by atoms with van der Waals surface area (Å²) < 4.78 is 22.3. The second kappa shape index (κ2) is 4.93. The number of anilines is 2. The summed E-state index contributed by atoms with van der Waals surface area (Å²) in [6.45, 7) is 6.22. The Labute approximate surface area is 102 Å². The molecule has 1 atom stereocenters. The van der Waals surface area contributed by atoms with Crippen LogP contribution in [0.2, 0.25) is 0 Å². The number of hydrogen-bond acceptors (Lipinski definition) is 4. The number of primary sulfonamides is 1. The standard InChI is InChI=1S/C11H19N3O2S/c1-7(2)8(3)14-11-5-4-9(6-10(11)12)17(13,15)16/h4-8,14H,12H2,1-3H3,(H2,13,15,16). The van der Waals surface area contributed by atoms with E-state index >= 15 is 0 Å². The van der Waals surface area contributed by atoms with Crippen molar-refractivity contribution in [2.75, 3.05) is 11.1 Å². The van der Waals surface area contributed by atoms with Gasteiger partial charge in [-0.2, -0.15) is 0 Å². The maximum Gasteiger partial charge on any atom is 0.238 e. The van der Waals surface area contributed by atoms with Crippen LogP contribution >= 0.6 is 0 Å². The molecule has 5 N–H and O–H groups in total. The Morgan fingerprint density at radius 2 is 1.82 bits per heavy atom. The van der Waals surface area contributed by atoms with Gasteiger partial charge < -0.3 is 11.1 Å². The third-order valence-electron chi connectivity index (χ3n) is 2.73. The van der Waals surface area contributed by atoms with Gasteiger partial charge in [-0.1, -0.05) is 13.8 Å². The van der Waals surface area contributed by atoms with E-state index in [-0.39, 0.29) is 10.9 Å². The second-order valence-corrected chi connectivity index (χ2v) is 6.03. The Bertz CT molecular complexity index is 497. The molecular formula is C11H19N3O2S. The SMILES string of the molecule is CC(C)C(C)Nc1ccc(S(N)(=O)=O)cc1N. The number of hydrogen-bond donors (Lipinski definition) is 3. The summed E-state index contributed by atoms with van der Waals surface area (Å²) in [6.07, 6.45) is 0. The highest BCUT2D eigenvalue weighted by Crippen LogP contribution is 2.23. The van der Waals surface area contributed by atoms with Crippen molar-refractivity contribution in [3.63, 3.8) is 0 Å². The fraction of sp³-hybridized carbons (Fsp3) is 0.455. The summed E-state index contributed by atoms with van der Waals surface area (Å²) in [6, 6.07) is 4.69. The fourth-order valence-corrected chi connectivity index (χ4v) is 1.81. The van der Waals surface area contributed by atoms with Crippen LogP contribution in [0, 0.1) is 5.92 Å². The number of sulfonamides is 1. The quantitative estimate of drug-likeness (QED) is 0.709. The average molecular weight is 257 g/mol. The van der Waals surface area contributed by atoms with Gasteiger partial charge in [0.2, 0.25) is 10.0 Å². The molecule has 96 valence electrons. The summed E-state index contributed by atoms with van der Waals surface area (Å²) in [5, 5.41) is 8.25. The Kier molecular flexibility index (Phi) is 4.00. The number of rotatable bonds is 4. The van der Waals surface area contributed by atoms with Crippen molar-refractivity contribution in [2.24, 2.45) is 11.1 Å². The van der Waals surface area contributed by atoms with Gasteiger partial charge in [0.1, 0.15) is 0 Å². The number of benzene rings is 1. The lowest BCUT2D eigenvalue weighted by molar-refractivity contribution is 0.560. The molecule has 0 amide bonds. The van der Waals surface area contributed by atoms with E-state index in [9.17, 15) is 8.42 Å². The van der Waals surface area contributed by atoms with Crippen LogP contribution in [0.25, 0.3) is 0 Å². The average Bonchev–Trinajstić information content (AvgIpc) is 2.19. The van der Waals surface area contributed by atoms with E-state index in [1.807, 2.05) is 6.92 Å². The first kappa shape index (κ1) is 13.8. The van der Waals surface area contributed by atoms with Gasteiger partial charge in [0.05, 0.1) is 16.3 Å². The molecule has 0 saturated carbocycles. The molecule has 0 saturated heterocycles. The number of nitrogen functional groups attached to an aromatic ring is 1. The molecule has 1 rings (SSSR count). The van der Waals surface area contributed by atoms with Gasteiger partial charge in [-0.15, -0.1) is 0 Å². The summed E-state index contributed by atoms with van der Waals surface area (Å²) in [5.74, 6) is 0.451. The zero-order valence-electron chi connectivity index (χ0n) is 10.3. The molecule has 1 unspecified atom stereocenters. The van der Waals surface area contributed by atoms with Crippen LogP contribution in [0.5, 0.6) is 0 Å². The topological polar surface area (TPSA) is 98.2 Å². The van der Waals surface area contributed by atoms with Crippen LogP contribution < -0.4 is 16.2 Å². The van der Waals surface area contributed by atoms with Gasteiger partial charge in [-0.25, -0.2) is 13.6 Å². The molecule has 0 aliphatic rings. The van der Waals surface area contributed by atoms with E-state index in [0.29, 0.717) is 11.6 Å². The smallest absolute Gasteiger partial charge is 0.238 e. The lowest BCUT2D eigenvalue weighted by Crippen LogP contribution is -2.22. The Morgan fingerprint density at radius 3 is 2.24 bits per heavy atom. The maximum absolute atomic E-state index is 11.1. The van der Waals surface area contributed by atoms with Crippen molar-refractivity contribution in [3.05, 3.63) is 18.2 Å². The molecule has 0 aliphatic heterocycles. The normalized spacial score (nSPS) is 13.7. The molecule has 0 bridgehead atoms. The summed E-state index contributed by atoms with van der Waals surface area (Å²) >= 11 is 0. The van der Waals surface area contributed by atoms with Crippen LogP contribution in [0.1, 0.15) is 20.8 Å². The first-order valence-electron chi connectivity index (χ1n) is 5.40. The predicted octanol–water partition coefficient (Wildman–Crippen LogP) is 1.37. The van der Waals surface area contributed by atoms with Crippen molar-refractivity contribution in [3.8, 4) is 0 Å². The van der Waals surface area contributed by atoms with E-state index in [2.05, 4.69) is 19.2 Å². The van der Waals surface area contributed by atoms with Crippen LogP contribution in [-0.4, -0.2) is 14.5 Å². The van der Waals surface area contributed by atoms with Crippen LogP contribution in [0.15, 0.2) is 23.1 Å². The number of nitrogens with one attached hydrogen (secondary N) is 1. The maximum atomic E-state index is 11.1. The van der Waals surface area contributed by atoms with Gasteiger partial charge in [0.25, 0.3) is 0 Å². The van der Waals surface area contributed by atoms with E-state index in [0.717, 1.165) is 5.69 Å². The molecule has 0 aliphatic carbocycles. The van der Waals surface area contributed by atoms with E-state index < -0.39 is 10.0 Å². The highest BCUT2D eigenvalue weighted by Gasteiger charge is 2.12. The lowest BCUT2D eigenvalue weighted by Gasteiger charge is -2.20. The van der Waals surface area contributed by atoms with Gasteiger partial charge in [0.15, 0.2) is 0 Å². The molecule has 1 aromatic rings. The molecule has 6 heteroatoms. The molecule has 0 heterocycles. The Hall–Kier alpha value is -1.27. The molecule has 5 nitrogen and oxygen atoms in total. The third-order valence-corrected chi connectivity index (χ3v) is 3.65. The molecular weight excluding hydrogens is 238 g/mol. The highest BCUT2D eigenvalue weighted by atomic mass is 32.2. The van der Waals surface area contributed by atoms with Gasteiger partial charge >= 0.3 is 0 Å². The minimum absolute atomic E-state index is 0.0257.